The standard InChI is InChI=1S/C20H24FN3O/c1-15-6-7-18(21)13-19(15)22-20(25)17-5-3-4-16(12-17)14-24-10-8-23(2)9-11-24/h3-7,12-13H,8-11,14H2,1-2H3,(H,22,25). The van der Waals surface area contributed by atoms with Gasteiger partial charge in [-0.3, -0.25) is 9.69 Å². The molecule has 1 N–H and O–H groups in total. The van der Waals surface area contributed by atoms with Crippen LogP contribution in [0.3, 0.4) is 0 Å². The summed E-state index contributed by atoms with van der Waals surface area (Å²) in [6.45, 7) is 6.90. The molecule has 2 aromatic carbocycles. The second kappa shape index (κ2) is 7.76. The van der Waals surface area contributed by atoms with Crippen LogP contribution in [0.25, 0.3) is 0 Å². The second-order valence-corrected chi connectivity index (χ2v) is 6.69. The van der Waals surface area contributed by atoms with Gasteiger partial charge in [-0.2, -0.15) is 0 Å². The fraction of sp³-hybridized carbons (Fsp3) is 0.350. The van der Waals surface area contributed by atoms with Gasteiger partial charge in [-0.1, -0.05) is 18.2 Å². The highest BCUT2D eigenvalue weighted by molar-refractivity contribution is 6.04. The summed E-state index contributed by atoms with van der Waals surface area (Å²) in [6.07, 6.45) is 0. The van der Waals surface area contributed by atoms with E-state index in [2.05, 4.69) is 22.2 Å². The molecule has 1 amide bonds. The minimum Gasteiger partial charge on any atom is -0.322 e. The number of hydrogen-bond donors (Lipinski definition) is 1. The van der Waals surface area contributed by atoms with Crippen LogP contribution in [-0.2, 0) is 6.54 Å². The molecule has 4 nitrogen and oxygen atoms in total. The van der Waals surface area contributed by atoms with Crippen molar-refractivity contribution in [3.05, 3.63) is 65.0 Å². The monoisotopic (exact) mass is 341 g/mol. The number of benzene rings is 2. The lowest BCUT2D eigenvalue weighted by atomic mass is 10.1. The maximum Gasteiger partial charge on any atom is 0.255 e. The number of nitrogens with one attached hydrogen (secondary N) is 1. The highest BCUT2D eigenvalue weighted by Gasteiger charge is 2.15. The molecule has 1 aliphatic rings. The summed E-state index contributed by atoms with van der Waals surface area (Å²) in [4.78, 5) is 17.2. The van der Waals surface area contributed by atoms with E-state index in [0.29, 0.717) is 11.3 Å². The Morgan fingerprint density at radius 3 is 2.64 bits per heavy atom. The highest BCUT2D eigenvalue weighted by atomic mass is 19.1. The summed E-state index contributed by atoms with van der Waals surface area (Å²) in [5, 5.41) is 2.80. The first kappa shape index (κ1) is 17.6. The molecule has 0 saturated carbocycles. The summed E-state index contributed by atoms with van der Waals surface area (Å²) >= 11 is 0. The summed E-state index contributed by atoms with van der Waals surface area (Å²) in [6, 6.07) is 12.1. The van der Waals surface area contributed by atoms with Crippen LogP contribution in [0, 0.1) is 12.7 Å². The molecule has 1 aliphatic heterocycles. The highest BCUT2D eigenvalue weighted by Crippen LogP contribution is 2.18. The van der Waals surface area contributed by atoms with E-state index in [-0.39, 0.29) is 11.7 Å². The van der Waals surface area contributed by atoms with Crippen LogP contribution in [0.4, 0.5) is 10.1 Å². The molecule has 132 valence electrons. The number of hydrogen-bond acceptors (Lipinski definition) is 3. The number of carbonyl (C=O) groups is 1. The van der Waals surface area contributed by atoms with E-state index in [1.54, 1.807) is 12.1 Å². The van der Waals surface area contributed by atoms with Crippen LogP contribution < -0.4 is 5.32 Å². The Bertz CT molecular complexity index is 754. The zero-order chi connectivity index (χ0) is 17.8. The van der Waals surface area contributed by atoms with Crippen molar-refractivity contribution in [3.63, 3.8) is 0 Å². The zero-order valence-corrected chi connectivity index (χ0v) is 14.8. The molecule has 1 saturated heterocycles. The maximum atomic E-state index is 13.4. The van der Waals surface area contributed by atoms with E-state index in [0.717, 1.165) is 43.9 Å². The predicted molar refractivity (Wildman–Crippen MR) is 98.3 cm³/mol. The molecule has 0 radical (unpaired) electrons. The van der Waals surface area contributed by atoms with Gasteiger partial charge in [0.05, 0.1) is 0 Å². The maximum absolute atomic E-state index is 13.4. The third kappa shape index (κ3) is 4.65. The first-order valence-corrected chi connectivity index (χ1v) is 8.58. The Kier molecular flexibility index (Phi) is 5.46. The van der Waals surface area contributed by atoms with Crippen LogP contribution in [0.2, 0.25) is 0 Å². The number of halogens is 1. The van der Waals surface area contributed by atoms with Gasteiger partial charge in [0.1, 0.15) is 5.82 Å². The number of likely N-dealkylation sites (N-methyl/N-ethyl adjacent to an activating group) is 1. The smallest absolute Gasteiger partial charge is 0.255 e. The number of amides is 1. The first-order valence-electron chi connectivity index (χ1n) is 8.58. The molecule has 0 unspecified atom stereocenters. The van der Waals surface area contributed by atoms with E-state index >= 15 is 0 Å². The Morgan fingerprint density at radius 2 is 1.88 bits per heavy atom. The van der Waals surface area contributed by atoms with E-state index in [9.17, 15) is 9.18 Å². The minimum absolute atomic E-state index is 0.214. The van der Waals surface area contributed by atoms with Gasteiger partial charge in [0.2, 0.25) is 0 Å². The molecule has 25 heavy (non-hydrogen) atoms. The molecular weight excluding hydrogens is 317 g/mol. The lowest BCUT2D eigenvalue weighted by Gasteiger charge is -2.32. The molecule has 1 fully saturated rings. The van der Waals surface area contributed by atoms with Crippen molar-refractivity contribution in [1.82, 2.24) is 9.80 Å². The first-order chi connectivity index (χ1) is 12.0. The number of piperazine rings is 1. The number of carbonyl (C=O) groups excluding carboxylic acids is 1. The lowest BCUT2D eigenvalue weighted by Crippen LogP contribution is -2.43. The van der Waals surface area contributed by atoms with Crippen LogP contribution >= 0.6 is 0 Å². The third-order valence-corrected chi connectivity index (χ3v) is 4.64. The van der Waals surface area contributed by atoms with Crippen molar-refractivity contribution >= 4 is 11.6 Å². The van der Waals surface area contributed by atoms with E-state index in [1.807, 2.05) is 25.1 Å². The van der Waals surface area contributed by atoms with Crippen LogP contribution in [0.1, 0.15) is 21.5 Å². The number of aryl methyl sites for hydroxylation is 1. The molecule has 0 spiro atoms. The molecule has 0 aromatic heterocycles. The molecule has 0 atom stereocenters. The SMILES string of the molecule is Cc1ccc(F)cc1NC(=O)c1cccc(CN2CCN(C)CC2)c1. The summed E-state index contributed by atoms with van der Waals surface area (Å²) < 4.78 is 13.4. The Balaban J connectivity index is 1.68. The fourth-order valence-corrected chi connectivity index (χ4v) is 3.00. The average Bonchev–Trinajstić information content (AvgIpc) is 2.60. The molecule has 0 bridgehead atoms. The van der Waals surface area contributed by atoms with Gasteiger partial charge in [-0.05, 0) is 49.4 Å². The molecule has 3 rings (SSSR count). The van der Waals surface area contributed by atoms with Crippen molar-refractivity contribution in [1.29, 1.82) is 0 Å². The topological polar surface area (TPSA) is 35.6 Å². The average molecular weight is 341 g/mol. The van der Waals surface area contributed by atoms with E-state index < -0.39 is 0 Å². The number of rotatable bonds is 4. The van der Waals surface area contributed by atoms with E-state index in [1.165, 1.54) is 12.1 Å². The van der Waals surface area contributed by atoms with Gasteiger partial charge < -0.3 is 10.2 Å². The van der Waals surface area contributed by atoms with Gasteiger partial charge in [-0.15, -0.1) is 0 Å². The third-order valence-electron chi connectivity index (χ3n) is 4.64. The van der Waals surface area contributed by atoms with Crippen LogP contribution in [-0.4, -0.2) is 48.9 Å². The molecular formula is C20H24FN3O. The van der Waals surface area contributed by atoms with Gasteiger partial charge >= 0.3 is 0 Å². The summed E-state index contributed by atoms with van der Waals surface area (Å²) in [5.41, 5.74) is 3.06. The molecule has 1 heterocycles. The summed E-state index contributed by atoms with van der Waals surface area (Å²) in [7, 11) is 2.14. The van der Waals surface area contributed by atoms with Gasteiger partial charge in [0, 0.05) is 44.0 Å². The van der Waals surface area contributed by atoms with Crippen LogP contribution in [0.5, 0.6) is 0 Å². The van der Waals surface area contributed by atoms with Crippen molar-refractivity contribution in [2.24, 2.45) is 0 Å². The normalized spacial score (nSPS) is 16.0. The van der Waals surface area contributed by atoms with Crippen molar-refractivity contribution in [3.8, 4) is 0 Å². The van der Waals surface area contributed by atoms with Crippen molar-refractivity contribution in [2.45, 2.75) is 13.5 Å². The Labute approximate surface area is 148 Å². The minimum atomic E-state index is -0.357. The van der Waals surface area contributed by atoms with E-state index in [4.69, 9.17) is 0 Å². The number of anilines is 1. The Hall–Kier alpha value is -2.24. The molecule has 2 aromatic rings. The largest absolute Gasteiger partial charge is 0.322 e. The second-order valence-electron chi connectivity index (χ2n) is 6.69. The molecule has 0 aliphatic carbocycles. The van der Waals surface area contributed by atoms with Gasteiger partial charge in [0.25, 0.3) is 5.91 Å². The van der Waals surface area contributed by atoms with Gasteiger partial charge in [-0.25, -0.2) is 4.39 Å². The quantitative estimate of drug-likeness (QED) is 0.928. The number of nitrogens with zero attached hydrogens (tertiary/aromatic N) is 2. The molecule has 5 heteroatoms. The van der Waals surface area contributed by atoms with Crippen molar-refractivity contribution in [2.75, 3.05) is 38.5 Å². The lowest BCUT2D eigenvalue weighted by molar-refractivity contribution is 0.102. The van der Waals surface area contributed by atoms with Gasteiger partial charge in [0.15, 0.2) is 0 Å². The predicted octanol–water partition coefficient (Wildman–Crippen LogP) is 3.13. The summed E-state index contributed by atoms with van der Waals surface area (Å²) in [5.74, 6) is -0.571. The Morgan fingerprint density at radius 1 is 1.12 bits per heavy atom. The van der Waals surface area contributed by atoms with Crippen molar-refractivity contribution < 1.29 is 9.18 Å². The zero-order valence-electron chi connectivity index (χ0n) is 14.8. The fourth-order valence-electron chi connectivity index (χ4n) is 3.00. The van der Waals surface area contributed by atoms with Crippen LogP contribution in [0.15, 0.2) is 42.5 Å².